The van der Waals surface area contributed by atoms with Crippen molar-refractivity contribution in [1.82, 2.24) is 24.5 Å². The number of nitrogen functional groups attached to an aromatic ring is 1. The largest absolute Gasteiger partial charge is 0.399 e. The topological polar surface area (TPSA) is 110 Å². The van der Waals surface area contributed by atoms with Crippen LogP contribution in [-0.2, 0) is 16.7 Å². The number of nitrogens with zero attached hydrogens (tertiary/aromatic N) is 3. The van der Waals surface area contributed by atoms with E-state index in [1.807, 2.05) is 13.0 Å². The van der Waals surface area contributed by atoms with E-state index in [4.69, 9.17) is 9.92 Å². The van der Waals surface area contributed by atoms with Crippen molar-refractivity contribution in [2.45, 2.75) is 39.2 Å². The standard InChI is InChI=1S/C16H22N6O2S/c1-10(21-25(23)24-12-7-5-6-11(17)8-12)15-19-18-14-9-13(16(2,3)4)20-22(14)15/h5-10,20-21H,17H2,1-4H3. The van der Waals surface area contributed by atoms with E-state index in [0.29, 0.717) is 17.3 Å². The molecular formula is C16H22N6O2S. The molecule has 0 aliphatic heterocycles. The molecule has 0 aliphatic carbocycles. The Labute approximate surface area is 148 Å². The molecule has 4 N–H and O–H groups in total. The summed E-state index contributed by atoms with van der Waals surface area (Å²) in [4.78, 5) is 0. The molecule has 1 aromatic carbocycles. The van der Waals surface area contributed by atoms with Crippen LogP contribution in [0.2, 0.25) is 0 Å². The number of rotatable bonds is 5. The number of nitrogens with two attached hydrogens (primary N) is 1. The predicted molar refractivity (Wildman–Crippen MR) is 97.2 cm³/mol. The lowest BCUT2D eigenvalue weighted by atomic mass is 9.93. The Morgan fingerprint density at radius 2 is 2.08 bits per heavy atom. The van der Waals surface area contributed by atoms with Crippen molar-refractivity contribution in [2.24, 2.45) is 0 Å². The van der Waals surface area contributed by atoms with Crippen LogP contribution in [0.1, 0.15) is 45.3 Å². The Morgan fingerprint density at radius 1 is 1.32 bits per heavy atom. The van der Waals surface area contributed by atoms with E-state index in [9.17, 15) is 4.21 Å². The summed E-state index contributed by atoms with van der Waals surface area (Å²) in [6, 6.07) is 8.39. The van der Waals surface area contributed by atoms with E-state index in [-0.39, 0.29) is 11.5 Å². The molecule has 0 amide bonds. The van der Waals surface area contributed by atoms with Crippen molar-refractivity contribution in [3.05, 3.63) is 41.9 Å². The first-order valence-corrected chi connectivity index (χ1v) is 8.98. The van der Waals surface area contributed by atoms with E-state index >= 15 is 0 Å². The number of aromatic nitrogens is 4. The van der Waals surface area contributed by atoms with Crippen LogP contribution in [0.4, 0.5) is 5.69 Å². The highest BCUT2D eigenvalue weighted by Crippen LogP contribution is 2.23. The SMILES string of the molecule is CC(NS(=O)Oc1cccc(N)c1)c1nnc2cc(C(C)(C)C)[nH]n12. The number of nitrogens with one attached hydrogen (secondary N) is 2. The number of hydrogen-bond donors (Lipinski definition) is 3. The van der Waals surface area contributed by atoms with Crippen molar-refractivity contribution in [2.75, 3.05) is 5.73 Å². The Kier molecular flexibility index (Phi) is 4.53. The fourth-order valence-electron chi connectivity index (χ4n) is 2.34. The minimum Gasteiger partial charge on any atom is -0.399 e. The van der Waals surface area contributed by atoms with Crippen LogP contribution in [0.5, 0.6) is 5.75 Å². The number of aromatic amines is 1. The molecule has 2 heterocycles. The molecule has 3 aromatic rings. The van der Waals surface area contributed by atoms with E-state index in [1.54, 1.807) is 28.8 Å². The maximum atomic E-state index is 12.2. The summed E-state index contributed by atoms with van der Waals surface area (Å²) in [7, 11) is 0. The zero-order chi connectivity index (χ0) is 18.2. The summed E-state index contributed by atoms with van der Waals surface area (Å²) in [5.74, 6) is 1.05. The number of benzene rings is 1. The second-order valence-electron chi connectivity index (χ2n) is 6.90. The van der Waals surface area contributed by atoms with Gasteiger partial charge in [0, 0.05) is 28.9 Å². The summed E-state index contributed by atoms with van der Waals surface area (Å²) < 4.78 is 22.2. The molecule has 0 spiro atoms. The number of anilines is 1. The maximum absolute atomic E-state index is 12.2. The monoisotopic (exact) mass is 362 g/mol. The average molecular weight is 362 g/mol. The van der Waals surface area contributed by atoms with Gasteiger partial charge in [-0.05, 0) is 19.1 Å². The normalized spacial score (nSPS) is 14.6. The zero-order valence-electron chi connectivity index (χ0n) is 14.6. The lowest BCUT2D eigenvalue weighted by Gasteiger charge is -2.15. The number of fused-ring (bicyclic) bond motifs is 1. The van der Waals surface area contributed by atoms with E-state index in [2.05, 4.69) is 40.8 Å². The first kappa shape index (κ1) is 17.4. The van der Waals surface area contributed by atoms with Crippen LogP contribution in [0, 0.1) is 0 Å². The molecule has 2 unspecified atom stereocenters. The van der Waals surface area contributed by atoms with Gasteiger partial charge in [-0.3, -0.25) is 5.10 Å². The molecular weight excluding hydrogens is 340 g/mol. The molecule has 2 atom stereocenters. The summed E-state index contributed by atoms with van der Waals surface area (Å²) in [6.07, 6.45) is 0. The van der Waals surface area contributed by atoms with Crippen LogP contribution >= 0.6 is 0 Å². The fourth-order valence-corrected chi connectivity index (χ4v) is 3.06. The Balaban J connectivity index is 1.74. The number of hydrogen-bond acceptors (Lipinski definition) is 5. The van der Waals surface area contributed by atoms with Crippen molar-refractivity contribution >= 4 is 22.6 Å². The Hall–Kier alpha value is -2.39. The van der Waals surface area contributed by atoms with Gasteiger partial charge in [0.15, 0.2) is 11.5 Å². The molecule has 0 fully saturated rings. The lowest BCUT2D eigenvalue weighted by Crippen LogP contribution is -2.26. The van der Waals surface area contributed by atoms with Crippen LogP contribution < -0.4 is 14.6 Å². The highest BCUT2D eigenvalue weighted by atomic mass is 32.2. The van der Waals surface area contributed by atoms with Gasteiger partial charge in [-0.15, -0.1) is 10.2 Å². The average Bonchev–Trinajstić information content (AvgIpc) is 3.06. The third-order valence-corrected chi connectivity index (χ3v) is 4.61. The Morgan fingerprint density at radius 3 is 2.76 bits per heavy atom. The zero-order valence-corrected chi connectivity index (χ0v) is 15.4. The van der Waals surface area contributed by atoms with Gasteiger partial charge in [-0.2, -0.15) is 8.93 Å². The van der Waals surface area contributed by atoms with E-state index in [1.165, 1.54) is 0 Å². The van der Waals surface area contributed by atoms with Gasteiger partial charge in [-0.25, -0.2) is 4.52 Å². The van der Waals surface area contributed by atoms with Gasteiger partial charge >= 0.3 is 0 Å². The summed E-state index contributed by atoms with van der Waals surface area (Å²) in [6.45, 7) is 8.18. The van der Waals surface area contributed by atoms with Crippen molar-refractivity contribution < 1.29 is 8.39 Å². The molecule has 0 radical (unpaired) electrons. The molecule has 2 aromatic heterocycles. The van der Waals surface area contributed by atoms with Crippen molar-refractivity contribution in [1.29, 1.82) is 0 Å². The molecule has 0 saturated carbocycles. The second kappa shape index (κ2) is 6.49. The van der Waals surface area contributed by atoms with Gasteiger partial charge in [0.1, 0.15) is 5.75 Å². The quantitative estimate of drug-likeness (QED) is 0.603. The highest BCUT2D eigenvalue weighted by molar-refractivity contribution is 7.78. The van der Waals surface area contributed by atoms with Crippen LogP contribution in [0.3, 0.4) is 0 Å². The molecule has 0 bridgehead atoms. The summed E-state index contributed by atoms with van der Waals surface area (Å²) in [5, 5.41) is 11.6. The lowest BCUT2D eigenvalue weighted by molar-refractivity contribution is 0.524. The molecule has 134 valence electrons. The van der Waals surface area contributed by atoms with Crippen molar-refractivity contribution in [3.63, 3.8) is 0 Å². The van der Waals surface area contributed by atoms with Crippen molar-refractivity contribution in [3.8, 4) is 5.75 Å². The molecule has 9 heteroatoms. The summed E-state index contributed by atoms with van der Waals surface area (Å²) in [5.41, 5.74) is 7.96. The minimum atomic E-state index is -1.75. The first-order valence-electron chi connectivity index (χ1n) is 7.90. The molecule has 3 rings (SSSR count). The minimum absolute atomic E-state index is 0.0339. The predicted octanol–water partition coefficient (Wildman–Crippen LogP) is 2.25. The van der Waals surface area contributed by atoms with Gasteiger partial charge in [-0.1, -0.05) is 26.8 Å². The molecule has 0 saturated heterocycles. The number of H-pyrrole nitrogens is 1. The maximum Gasteiger partial charge on any atom is 0.288 e. The van der Waals surface area contributed by atoms with Crippen LogP contribution in [0.15, 0.2) is 30.3 Å². The van der Waals surface area contributed by atoms with Crippen LogP contribution in [-0.4, -0.2) is 24.0 Å². The van der Waals surface area contributed by atoms with Crippen LogP contribution in [0.25, 0.3) is 5.65 Å². The van der Waals surface area contributed by atoms with Gasteiger partial charge in [0.05, 0.1) is 6.04 Å². The molecule has 8 nitrogen and oxygen atoms in total. The Bertz CT molecular complexity index is 911. The second-order valence-corrected chi connectivity index (χ2v) is 7.77. The fraction of sp³-hybridized carbons (Fsp3) is 0.375. The smallest absolute Gasteiger partial charge is 0.288 e. The van der Waals surface area contributed by atoms with E-state index in [0.717, 1.165) is 11.3 Å². The van der Waals surface area contributed by atoms with Gasteiger partial charge in [0.2, 0.25) is 0 Å². The molecule has 25 heavy (non-hydrogen) atoms. The third-order valence-electron chi connectivity index (χ3n) is 3.72. The van der Waals surface area contributed by atoms with E-state index < -0.39 is 11.3 Å². The van der Waals surface area contributed by atoms with Gasteiger partial charge < -0.3 is 9.92 Å². The highest BCUT2D eigenvalue weighted by Gasteiger charge is 2.22. The molecule has 0 aliphatic rings. The third kappa shape index (κ3) is 3.83. The summed E-state index contributed by atoms with van der Waals surface area (Å²) >= 11 is -1.75. The first-order chi connectivity index (χ1) is 11.7. The van der Waals surface area contributed by atoms with Gasteiger partial charge in [0.25, 0.3) is 11.3 Å².